The average molecular weight is 333 g/mol. The van der Waals surface area contributed by atoms with Gasteiger partial charge in [-0.2, -0.15) is 0 Å². The standard InChI is InChI=1S/C16H19N3O3S/c1-9-3-4-12(22-9)15-18-10(2)13(23-15)16(21)19-7-5-11(6-8-19)14(17)20/h3-4,11H,5-8H2,1-2H3,(H2,17,20). The average Bonchev–Trinajstić information content (AvgIpc) is 3.12. The van der Waals surface area contributed by atoms with Gasteiger partial charge in [-0.1, -0.05) is 0 Å². The fourth-order valence-electron chi connectivity index (χ4n) is 2.76. The minimum Gasteiger partial charge on any atom is -0.459 e. The minimum atomic E-state index is -0.276. The van der Waals surface area contributed by atoms with Crippen LogP contribution in [-0.2, 0) is 4.79 Å². The molecule has 0 aliphatic carbocycles. The van der Waals surface area contributed by atoms with Crippen molar-refractivity contribution in [1.82, 2.24) is 9.88 Å². The molecule has 0 spiro atoms. The van der Waals surface area contributed by atoms with Crippen LogP contribution in [0.3, 0.4) is 0 Å². The number of hydrogen-bond donors (Lipinski definition) is 1. The molecule has 122 valence electrons. The Morgan fingerprint density at radius 2 is 2.00 bits per heavy atom. The van der Waals surface area contributed by atoms with Crippen molar-refractivity contribution in [2.75, 3.05) is 13.1 Å². The zero-order valence-corrected chi connectivity index (χ0v) is 14.0. The number of primary amides is 1. The number of thiazole rings is 1. The predicted molar refractivity (Wildman–Crippen MR) is 87.1 cm³/mol. The fourth-order valence-corrected chi connectivity index (χ4v) is 3.76. The Morgan fingerprint density at radius 3 is 2.57 bits per heavy atom. The summed E-state index contributed by atoms with van der Waals surface area (Å²) in [6, 6.07) is 3.74. The van der Waals surface area contributed by atoms with E-state index >= 15 is 0 Å². The number of piperidine rings is 1. The van der Waals surface area contributed by atoms with E-state index in [4.69, 9.17) is 10.2 Å². The van der Waals surface area contributed by atoms with Crippen molar-refractivity contribution >= 4 is 23.2 Å². The number of carbonyl (C=O) groups is 2. The SMILES string of the molecule is Cc1ccc(-c2nc(C)c(C(=O)N3CCC(C(N)=O)CC3)s2)o1. The molecule has 7 heteroatoms. The van der Waals surface area contributed by atoms with Crippen LogP contribution in [0.2, 0.25) is 0 Å². The summed E-state index contributed by atoms with van der Waals surface area (Å²) in [5.41, 5.74) is 6.04. The topological polar surface area (TPSA) is 89.4 Å². The Kier molecular flexibility index (Phi) is 4.21. The van der Waals surface area contributed by atoms with Gasteiger partial charge in [0, 0.05) is 19.0 Å². The highest BCUT2D eigenvalue weighted by molar-refractivity contribution is 7.17. The summed E-state index contributed by atoms with van der Waals surface area (Å²) in [7, 11) is 0. The van der Waals surface area contributed by atoms with Crippen molar-refractivity contribution in [2.45, 2.75) is 26.7 Å². The second-order valence-electron chi connectivity index (χ2n) is 5.81. The lowest BCUT2D eigenvalue weighted by Gasteiger charge is -2.30. The van der Waals surface area contributed by atoms with Gasteiger partial charge in [-0.25, -0.2) is 4.98 Å². The summed E-state index contributed by atoms with van der Waals surface area (Å²) >= 11 is 1.35. The Balaban J connectivity index is 1.76. The van der Waals surface area contributed by atoms with Crippen molar-refractivity contribution in [3.8, 4) is 10.8 Å². The Labute approximate surface area is 138 Å². The second-order valence-corrected chi connectivity index (χ2v) is 6.81. The molecule has 1 fully saturated rings. The van der Waals surface area contributed by atoms with Gasteiger partial charge in [0.1, 0.15) is 10.6 Å². The highest BCUT2D eigenvalue weighted by Crippen LogP contribution is 2.30. The first-order chi connectivity index (χ1) is 11.0. The number of aryl methyl sites for hydroxylation is 2. The molecule has 0 radical (unpaired) electrons. The maximum atomic E-state index is 12.7. The smallest absolute Gasteiger partial charge is 0.265 e. The number of likely N-dealkylation sites (tertiary alicyclic amines) is 1. The highest BCUT2D eigenvalue weighted by Gasteiger charge is 2.28. The molecule has 1 aliphatic heterocycles. The number of furan rings is 1. The van der Waals surface area contributed by atoms with Gasteiger partial charge in [0.25, 0.3) is 5.91 Å². The fraction of sp³-hybridized carbons (Fsp3) is 0.438. The van der Waals surface area contributed by atoms with Gasteiger partial charge >= 0.3 is 0 Å². The van der Waals surface area contributed by atoms with E-state index in [9.17, 15) is 9.59 Å². The quantitative estimate of drug-likeness (QED) is 0.933. The molecule has 3 rings (SSSR count). The summed E-state index contributed by atoms with van der Waals surface area (Å²) in [6.45, 7) is 4.82. The molecule has 2 N–H and O–H groups in total. The first-order valence-electron chi connectivity index (χ1n) is 7.58. The molecule has 2 amide bonds. The van der Waals surface area contributed by atoms with E-state index in [1.807, 2.05) is 26.0 Å². The number of amides is 2. The molecule has 2 aromatic heterocycles. The summed E-state index contributed by atoms with van der Waals surface area (Å²) in [5, 5.41) is 0.714. The van der Waals surface area contributed by atoms with E-state index in [1.165, 1.54) is 11.3 Å². The molecular formula is C16H19N3O3S. The van der Waals surface area contributed by atoms with Crippen molar-refractivity contribution < 1.29 is 14.0 Å². The number of aromatic nitrogens is 1. The van der Waals surface area contributed by atoms with Crippen molar-refractivity contribution in [3.05, 3.63) is 28.5 Å². The van der Waals surface area contributed by atoms with E-state index < -0.39 is 0 Å². The molecule has 0 atom stereocenters. The molecule has 23 heavy (non-hydrogen) atoms. The molecule has 2 aromatic rings. The van der Waals surface area contributed by atoms with Crippen LogP contribution in [-0.4, -0.2) is 34.8 Å². The highest BCUT2D eigenvalue weighted by atomic mass is 32.1. The zero-order chi connectivity index (χ0) is 16.6. The molecule has 0 saturated carbocycles. The maximum Gasteiger partial charge on any atom is 0.265 e. The van der Waals surface area contributed by atoms with Crippen molar-refractivity contribution in [3.63, 3.8) is 0 Å². The van der Waals surface area contributed by atoms with Gasteiger partial charge in [-0.15, -0.1) is 11.3 Å². The number of nitrogens with zero attached hydrogens (tertiary/aromatic N) is 2. The molecule has 0 aromatic carbocycles. The number of nitrogens with two attached hydrogens (primary N) is 1. The van der Waals surface area contributed by atoms with Gasteiger partial charge in [-0.3, -0.25) is 9.59 Å². The van der Waals surface area contributed by atoms with E-state index in [0.29, 0.717) is 47.3 Å². The number of rotatable bonds is 3. The van der Waals surface area contributed by atoms with E-state index in [2.05, 4.69) is 4.98 Å². The number of hydrogen-bond acceptors (Lipinski definition) is 5. The monoisotopic (exact) mass is 333 g/mol. The molecule has 3 heterocycles. The third-order valence-corrected chi connectivity index (χ3v) is 5.29. The molecular weight excluding hydrogens is 314 g/mol. The largest absolute Gasteiger partial charge is 0.459 e. The lowest BCUT2D eigenvalue weighted by Crippen LogP contribution is -2.41. The van der Waals surface area contributed by atoms with E-state index in [1.54, 1.807) is 4.90 Å². The Morgan fingerprint density at radius 1 is 1.30 bits per heavy atom. The predicted octanol–water partition coefficient (Wildman–Crippen LogP) is 2.36. The normalized spacial score (nSPS) is 15.8. The van der Waals surface area contributed by atoms with Gasteiger partial charge in [0.2, 0.25) is 5.91 Å². The first kappa shape index (κ1) is 15.7. The van der Waals surface area contributed by atoms with Crippen LogP contribution in [0.4, 0.5) is 0 Å². The van der Waals surface area contributed by atoms with Crippen LogP contribution >= 0.6 is 11.3 Å². The summed E-state index contributed by atoms with van der Waals surface area (Å²) in [4.78, 5) is 30.8. The van der Waals surface area contributed by atoms with E-state index in [-0.39, 0.29) is 17.7 Å². The summed E-state index contributed by atoms with van der Waals surface area (Å²) in [5.74, 6) is 1.07. The molecule has 1 saturated heterocycles. The lowest BCUT2D eigenvalue weighted by molar-refractivity contribution is -0.123. The molecule has 6 nitrogen and oxygen atoms in total. The molecule has 1 aliphatic rings. The van der Waals surface area contributed by atoms with Gasteiger partial charge in [0.05, 0.1) is 5.69 Å². The lowest BCUT2D eigenvalue weighted by atomic mass is 9.96. The third-order valence-electron chi connectivity index (χ3n) is 4.13. The van der Waals surface area contributed by atoms with Crippen molar-refractivity contribution in [1.29, 1.82) is 0 Å². The molecule has 0 bridgehead atoms. The number of carbonyl (C=O) groups excluding carboxylic acids is 2. The van der Waals surface area contributed by atoms with Crippen molar-refractivity contribution in [2.24, 2.45) is 11.7 Å². The maximum absolute atomic E-state index is 12.7. The summed E-state index contributed by atoms with van der Waals surface area (Å²) in [6.07, 6.45) is 1.26. The first-order valence-corrected chi connectivity index (χ1v) is 8.40. The zero-order valence-electron chi connectivity index (χ0n) is 13.2. The van der Waals surface area contributed by atoms with Crippen LogP contribution in [0.1, 0.15) is 34.0 Å². The van der Waals surface area contributed by atoms with Gasteiger partial charge < -0.3 is 15.1 Å². The summed E-state index contributed by atoms with van der Waals surface area (Å²) < 4.78 is 5.58. The van der Waals surface area contributed by atoms with Crippen LogP contribution in [0, 0.1) is 19.8 Å². The van der Waals surface area contributed by atoms with Crippen LogP contribution in [0.25, 0.3) is 10.8 Å². The minimum absolute atomic E-state index is 0.0301. The Bertz CT molecular complexity index is 742. The van der Waals surface area contributed by atoms with E-state index in [0.717, 1.165) is 5.76 Å². The third kappa shape index (κ3) is 3.14. The van der Waals surface area contributed by atoms with Gasteiger partial charge in [-0.05, 0) is 38.8 Å². The second kappa shape index (κ2) is 6.16. The molecule has 0 unspecified atom stereocenters. The van der Waals surface area contributed by atoms with Gasteiger partial charge in [0.15, 0.2) is 10.8 Å². The Hall–Kier alpha value is -2.15. The van der Waals surface area contributed by atoms with Crippen LogP contribution in [0.5, 0.6) is 0 Å². The van der Waals surface area contributed by atoms with Crippen LogP contribution in [0.15, 0.2) is 16.5 Å². The van der Waals surface area contributed by atoms with Crippen LogP contribution < -0.4 is 5.73 Å².